The summed E-state index contributed by atoms with van der Waals surface area (Å²) >= 11 is 0. The first-order chi connectivity index (χ1) is 9.19. The van der Waals surface area contributed by atoms with E-state index in [1.807, 2.05) is 6.92 Å². The molecule has 1 fully saturated rings. The number of aliphatic carboxylic acids is 1. The van der Waals surface area contributed by atoms with Gasteiger partial charge in [0.05, 0.1) is 24.9 Å². The maximum absolute atomic E-state index is 11.0. The van der Waals surface area contributed by atoms with Gasteiger partial charge in [0.1, 0.15) is 5.82 Å². The van der Waals surface area contributed by atoms with Crippen LogP contribution in [0.2, 0.25) is 0 Å². The summed E-state index contributed by atoms with van der Waals surface area (Å²) in [4.78, 5) is 19.4. The van der Waals surface area contributed by atoms with Crippen LogP contribution in [0.4, 0.5) is 5.82 Å². The van der Waals surface area contributed by atoms with E-state index in [9.17, 15) is 4.79 Å². The first-order valence-corrected chi connectivity index (χ1v) is 6.63. The van der Waals surface area contributed by atoms with Crippen LogP contribution in [-0.2, 0) is 4.79 Å². The lowest BCUT2D eigenvalue weighted by molar-refractivity contribution is -0.142. The molecule has 0 saturated heterocycles. The Balaban J connectivity index is 1.96. The molecule has 0 aromatic carbocycles. The Morgan fingerprint density at radius 3 is 3.11 bits per heavy atom. The molecule has 1 heterocycles. The fourth-order valence-corrected chi connectivity index (χ4v) is 2.39. The van der Waals surface area contributed by atoms with Gasteiger partial charge in [-0.25, -0.2) is 0 Å². The van der Waals surface area contributed by atoms with E-state index in [1.54, 1.807) is 12.4 Å². The third-order valence-electron chi connectivity index (χ3n) is 3.28. The second-order valence-electron chi connectivity index (χ2n) is 4.72. The number of carboxylic acids is 1. The number of ether oxygens (including phenoxy) is 1. The second kappa shape index (κ2) is 6.36. The highest BCUT2D eigenvalue weighted by molar-refractivity contribution is 5.70. The fraction of sp³-hybridized carbons (Fsp3) is 0.615. The average Bonchev–Trinajstić information content (AvgIpc) is 2.40. The van der Waals surface area contributed by atoms with E-state index in [-0.39, 0.29) is 12.0 Å². The number of anilines is 1. The average molecular weight is 265 g/mol. The summed E-state index contributed by atoms with van der Waals surface area (Å²) in [5.74, 6) is 0.162. The van der Waals surface area contributed by atoms with Crippen LogP contribution in [0.5, 0.6) is 5.88 Å². The lowest BCUT2D eigenvalue weighted by Gasteiger charge is -2.27. The van der Waals surface area contributed by atoms with Crippen LogP contribution in [0, 0.1) is 5.92 Å². The zero-order chi connectivity index (χ0) is 13.7. The predicted molar refractivity (Wildman–Crippen MR) is 70.2 cm³/mol. The molecule has 2 unspecified atom stereocenters. The highest BCUT2D eigenvalue weighted by atomic mass is 16.5. The van der Waals surface area contributed by atoms with Gasteiger partial charge in [-0.1, -0.05) is 6.42 Å². The van der Waals surface area contributed by atoms with Crippen LogP contribution in [0.25, 0.3) is 0 Å². The van der Waals surface area contributed by atoms with Gasteiger partial charge in [-0.15, -0.1) is 0 Å². The minimum atomic E-state index is -0.708. The van der Waals surface area contributed by atoms with Crippen LogP contribution in [0.1, 0.15) is 32.6 Å². The van der Waals surface area contributed by atoms with Gasteiger partial charge in [-0.05, 0) is 26.2 Å². The van der Waals surface area contributed by atoms with E-state index in [1.165, 1.54) is 0 Å². The number of hydrogen-bond acceptors (Lipinski definition) is 5. The monoisotopic (exact) mass is 265 g/mol. The molecular weight excluding hydrogens is 246 g/mol. The van der Waals surface area contributed by atoms with E-state index in [4.69, 9.17) is 9.84 Å². The molecule has 0 bridgehead atoms. The molecule has 1 aromatic heterocycles. The molecule has 2 N–H and O–H groups in total. The minimum Gasteiger partial charge on any atom is -0.481 e. The molecule has 1 saturated carbocycles. The first-order valence-electron chi connectivity index (χ1n) is 6.63. The highest BCUT2D eigenvalue weighted by Gasteiger charge is 2.27. The van der Waals surface area contributed by atoms with Crippen molar-refractivity contribution < 1.29 is 14.6 Å². The van der Waals surface area contributed by atoms with Crippen molar-refractivity contribution in [2.75, 3.05) is 11.9 Å². The van der Waals surface area contributed by atoms with Crippen LogP contribution in [0.15, 0.2) is 12.4 Å². The number of hydrogen-bond donors (Lipinski definition) is 2. The van der Waals surface area contributed by atoms with Crippen molar-refractivity contribution in [3.8, 4) is 5.88 Å². The Morgan fingerprint density at radius 2 is 2.37 bits per heavy atom. The lowest BCUT2D eigenvalue weighted by atomic mass is 9.86. The molecule has 104 valence electrons. The van der Waals surface area contributed by atoms with E-state index in [2.05, 4.69) is 15.3 Å². The van der Waals surface area contributed by atoms with Crippen molar-refractivity contribution in [2.24, 2.45) is 5.92 Å². The maximum Gasteiger partial charge on any atom is 0.306 e. The number of nitrogens with one attached hydrogen (secondary N) is 1. The zero-order valence-electron chi connectivity index (χ0n) is 11.0. The number of aromatic nitrogens is 2. The summed E-state index contributed by atoms with van der Waals surface area (Å²) in [5.41, 5.74) is 0. The molecule has 2 atom stereocenters. The minimum absolute atomic E-state index is 0.140. The maximum atomic E-state index is 11.0. The Kier molecular flexibility index (Phi) is 4.54. The van der Waals surface area contributed by atoms with Crippen molar-refractivity contribution in [3.05, 3.63) is 12.4 Å². The zero-order valence-corrected chi connectivity index (χ0v) is 11.0. The van der Waals surface area contributed by atoms with E-state index in [0.29, 0.717) is 24.7 Å². The smallest absolute Gasteiger partial charge is 0.306 e. The molecule has 0 aliphatic heterocycles. The molecule has 6 heteroatoms. The number of nitrogens with zero attached hydrogens (tertiary/aromatic N) is 2. The first kappa shape index (κ1) is 13.6. The lowest BCUT2D eigenvalue weighted by Crippen LogP contribution is -2.31. The van der Waals surface area contributed by atoms with Gasteiger partial charge in [0.2, 0.25) is 5.88 Å². The number of carboxylic acid groups (broad SMARTS) is 1. The fourth-order valence-electron chi connectivity index (χ4n) is 2.39. The van der Waals surface area contributed by atoms with Gasteiger partial charge in [-0.2, -0.15) is 4.98 Å². The standard InChI is InChI=1S/C13H19N3O3/c1-2-19-12-8-14-7-11(16-12)15-10-5-3-4-9(6-10)13(17)18/h7-10H,2-6H2,1H3,(H,15,16)(H,17,18). The molecule has 1 aliphatic carbocycles. The topological polar surface area (TPSA) is 84.3 Å². The van der Waals surface area contributed by atoms with Gasteiger partial charge < -0.3 is 15.2 Å². The highest BCUT2D eigenvalue weighted by Crippen LogP contribution is 2.26. The molecule has 19 heavy (non-hydrogen) atoms. The molecule has 1 aromatic rings. The van der Waals surface area contributed by atoms with E-state index < -0.39 is 5.97 Å². The van der Waals surface area contributed by atoms with Gasteiger partial charge in [0.15, 0.2) is 0 Å². The Morgan fingerprint density at radius 1 is 1.53 bits per heavy atom. The van der Waals surface area contributed by atoms with Crippen LogP contribution < -0.4 is 10.1 Å². The Bertz CT molecular complexity index is 439. The number of carbonyl (C=O) groups is 1. The molecule has 0 amide bonds. The summed E-state index contributed by atoms with van der Waals surface area (Å²) in [6.07, 6.45) is 6.48. The van der Waals surface area contributed by atoms with Gasteiger partial charge >= 0.3 is 5.97 Å². The number of rotatable bonds is 5. The van der Waals surface area contributed by atoms with E-state index >= 15 is 0 Å². The van der Waals surface area contributed by atoms with Crippen molar-refractivity contribution in [1.82, 2.24) is 9.97 Å². The Labute approximate surface area is 112 Å². The summed E-state index contributed by atoms with van der Waals surface area (Å²) in [6.45, 7) is 2.43. The van der Waals surface area contributed by atoms with Crippen LogP contribution in [-0.4, -0.2) is 33.7 Å². The molecule has 0 spiro atoms. The summed E-state index contributed by atoms with van der Waals surface area (Å²) in [5, 5.41) is 12.3. The van der Waals surface area contributed by atoms with Gasteiger partial charge in [0, 0.05) is 6.04 Å². The summed E-state index contributed by atoms with van der Waals surface area (Å²) < 4.78 is 5.29. The second-order valence-corrected chi connectivity index (χ2v) is 4.72. The van der Waals surface area contributed by atoms with Crippen LogP contribution in [0.3, 0.4) is 0 Å². The largest absolute Gasteiger partial charge is 0.481 e. The third-order valence-corrected chi connectivity index (χ3v) is 3.28. The van der Waals surface area contributed by atoms with Crippen molar-refractivity contribution >= 4 is 11.8 Å². The summed E-state index contributed by atoms with van der Waals surface area (Å²) in [6, 6.07) is 0.140. The SMILES string of the molecule is CCOc1cncc(NC2CCCC(C(=O)O)C2)n1. The quantitative estimate of drug-likeness (QED) is 0.846. The molecule has 6 nitrogen and oxygen atoms in total. The molecule has 1 aliphatic rings. The Hall–Kier alpha value is -1.85. The molecule has 2 rings (SSSR count). The van der Waals surface area contributed by atoms with Gasteiger partial charge in [-0.3, -0.25) is 9.78 Å². The molecular formula is C13H19N3O3. The molecule has 0 radical (unpaired) electrons. The normalized spacial score (nSPS) is 22.8. The van der Waals surface area contributed by atoms with Crippen molar-refractivity contribution in [2.45, 2.75) is 38.6 Å². The third kappa shape index (κ3) is 3.81. The van der Waals surface area contributed by atoms with Gasteiger partial charge in [0.25, 0.3) is 0 Å². The van der Waals surface area contributed by atoms with Crippen molar-refractivity contribution in [1.29, 1.82) is 0 Å². The summed E-state index contributed by atoms with van der Waals surface area (Å²) in [7, 11) is 0. The van der Waals surface area contributed by atoms with E-state index in [0.717, 1.165) is 19.3 Å². The van der Waals surface area contributed by atoms with Crippen LogP contribution >= 0.6 is 0 Å². The predicted octanol–water partition coefficient (Wildman–Crippen LogP) is 1.93. The van der Waals surface area contributed by atoms with Crippen molar-refractivity contribution in [3.63, 3.8) is 0 Å².